The van der Waals surface area contributed by atoms with Crippen molar-refractivity contribution < 1.29 is 13.5 Å². The third-order valence-electron chi connectivity index (χ3n) is 2.45. The average molecular weight is 250 g/mol. The Morgan fingerprint density at radius 3 is 2.88 bits per heavy atom. The van der Waals surface area contributed by atoms with Gasteiger partial charge in [0.25, 0.3) is 0 Å². The molecule has 2 nitrogen and oxygen atoms in total. The normalized spacial score (nSPS) is 18.6. The number of fused-ring (bicyclic) bond motifs is 1. The smallest absolute Gasteiger partial charge is 0.242 e. The summed E-state index contributed by atoms with van der Waals surface area (Å²) in [5.74, 6) is 0.773. The van der Waals surface area contributed by atoms with E-state index in [2.05, 4.69) is 0 Å². The second kappa shape index (κ2) is 5.46. The van der Waals surface area contributed by atoms with Gasteiger partial charge in [0, 0.05) is 12.5 Å². The zero-order chi connectivity index (χ0) is 10.8. The van der Waals surface area contributed by atoms with Gasteiger partial charge in [-0.1, -0.05) is 12.1 Å². The Bertz CT molecular complexity index is 360. The number of halogens is 3. The van der Waals surface area contributed by atoms with Gasteiger partial charge in [-0.15, -0.1) is 12.4 Å². The second-order valence-electron chi connectivity index (χ2n) is 3.81. The highest BCUT2D eigenvalue weighted by atomic mass is 35.5. The summed E-state index contributed by atoms with van der Waals surface area (Å²) in [6, 6.07) is 5.17. The van der Waals surface area contributed by atoms with Crippen molar-refractivity contribution in [3.8, 4) is 5.75 Å². The number of benzene rings is 1. The SMILES string of the molecule is Cl.NC1COc2ccc(CC(F)F)cc2C1. The van der Waals surface area contributed by atoms with Gasteiger partial charge in [-0.25, -0.2) is 8.78 Å². The molecule has 5 heteroatoms. The molecule has 1 aromatic carbocycles. The first kappa shape index (κ1) is 13.2. The molecule has 1 aliphatic heterocycles. The van der Waals surface area contributed by atoms with Crippen molar-refractivity contribution in [1.82, 2.24) is 0 Å². The van der Waals surface area contributed by atoms with Crippen molar-refractivity contribution in [3.05, 3.63) is 29.3 Å². The van der Waals surface area contributed by atoms with Crippen molar-refractivity contribution in [2.45, 2.75) is 25.3 Å². The van der Waals surface area contributed by atoms with E-state index in [1.165, 1.54) is 0 Å². The Hall–Kier alpha value is -0.870. The van der Waals surface area contributed by atoms with Crippen LogP contribution in [0.5, 0.6) is 5.75 Å². The van der Waals surface area contributed by atoms with Gasteiger partial charge in [-0.2, -0.15) is 0 Å². The molecule has 1 heterocycles. The van der Waals surface area contributed by atoms with Gasteiger partial charge in [0.1, 0.15) is 12.4 Å². The lowest BCUT2D eigenvalue weighted by atomic mass is 10.00. The summed E-state index contributed by atoms with van der Waals surface area (Å²) >= 11 is 0. The Labute approximate surface area is 99.2 Å². The molecule has 1 unspecified atom stereocenters. The van der Waals surface area contributed by atoms with E-state index in [1.54, 1.807) is 18.2 Å². The lowest BCUT2D eigenvalue weighted by Crippen LogP contribution is -2.33. The highest BCUT2D eigenvalue weighted by molar-refractivity contribution is 5.85. The highest BCUT2D eigenvalue weighted by Crippen LogP contribution is 2.25. The first-order chi connectivity index (χ1) is 7.15. The van der Waals surface area contributed by atoms with E-state index in [-0.39, 0.29) is 24.9 Å². The molecule has 90 valence electrons. The Kier molecular flexibility index (Phi) is 4.50. The van der Waals surface area contributed by atoms with Crippen molar-refractivity contribution in [3.63, 3.8) is 0 Å². The van der Waals surface area contributed by atoms with Crippen LogP contribution in [0.15, 0.2) is 18.2 Å². The van der Waals surface area contributed by atoms with Gasteiger partial charge in [0.2, 0.25) is 6.43 Å². The number of hydrogen-bond acceptors (Lipinski definition) is 2. The minimum Gasteiger partial charge on any atom is -0.492 e. The van der Waals surface area contributed by atoms with Crippen molar-refractivity contribution in [1.29, 1.82) is 0 Å². The molecule has 0 aromatic heterocycles. The maximum atomic E-state index is 12.2. The van der Waals surface area contributed by atoms with E-state index in [1.807, 2.05) is 0 Å². The summed E-state index contributed by atoms with van der Waals surface area (Å²) in [5, 5.41) is 0. The van der Waals surface area contributed by atoms with Crippen LogP contribution in [0.3, 0.4) is 0 Å². The van der Waals surface area contributed by atoms with Gasteiger partial charge in [0.15, 0.2) is 0 Å². The van der Waals surface area contributed by atoms with Gasteiger partial charge in [-0.05, 0) is 23.6 Å². The van der Waals surface area contributed by atoms with Crippen molar-refractivity contribution >= 4 is 12.4 Å². The van der Waals surface area contributed by atoms with Gasteiger partial charge in [0.05, 0.1) is 0 Å². The molecule has 0 aliphatic carbocycles. The molecule has 0 radical (unpaired) electrons. The first-order valence-corrected chi connectivity index (χ1v) is 4.93. The van der Waals surface area contributed by atoms with Gasteiger partial charge < -0.3 is 10.5 Å². The summed E-state index contributed by atoms with van der Waals surface area (Å²) in [4.78, 5) is 0. The number of rotatable bonds is 2. The van der Waals surface area contributed by atoms with E-state index in [9.17, 15) is 8.78 Å². The monoisotopic (exact) mass is 249 g/mol. The number of hydrogen-bond donors (Lipinski definition) is 1. The topological polar surface area (TPSA) is 35.2 Å². The van der Waals surface area contributed by atoms with Crippen LogP contribution in [0.1, 0.15) is 11.1 Å². The minimum absolute atomic E-state index is 0. The minimum atomic E-state index is -2.30. The van der Waals surface area contributed by atoms with Crippen LogP contribution in [0.25, 0.3) is 0 Å². The maximum absolute atomic E-state index is 12.2. The molecule has 2 N–H and O–H groups in total. The fourth-order valence-corrected chi connectivity index (χ4v) is 1.78. The third kappa shape index (κ3) is 3.06. The standard InChI is InChI=1S/C11H13F2NO.ClH/c12-11(13)4-7-1-2-10-8(3-7)5-9(14)6-15-10;/h1-3,9,11H,4-6,14H2;1H. The van der Waals surface area contributed by atoms with E-state index < -0.39 is 6.43 Å². The molecule has 1 atom stereocenters. The van der Waals surface area contributed by atoms with Crippen LogP contribution in [-0.4, -0.2) is 19.1 Å². The molecular weight excluding hydrogens is 236 g/mol. The summed E-state index contributed by atoms with van der Waals surface area (Å²) in [5.41, 5.74) is 7.30. The zero-order valence-electron chi connectivity index (χ0n) is 8.66. The molecule has 0 amide bonds. The molecule has 16 heavy (non-hydrogen) atoms. The first-order valence-electron chi connectivity index (χ1n) is 4.93. The fourth-order valence-electron chi connectivity index (χ4n) is 1.78. The second-order valence-corrected chi connectivity index (χ2v) is 3.81. The molecule has 0 bridgehead atoms. The van der Waals surface area contributed by atoms with Gasteiger partial charge >= 0.3 is 0 Å². The quantitative estimate of drug-likeness (QED) is 0.872. The summed E-state index contributed by atoms with van der Waals surface area (Å²) < 4.78 is 29.7. The molecule has 0 fully saturated rings. The third-order valence-corrected chi connectivity index (χ3v) is 2.45. The van der Waals surface area contributed by atoms with E-state index in [0.29, 0.717) is 18.6 Å². The Balaban J connectivity index is 0.00000128. The number of nitrogens with two attached hydrogens (primary N) is 1. The van der Waals surface area contributed by atoms with Crippen molar-refractivity contribution in [2.24, 2.45) is 5.73 Å². The number of ether oxygens (including phenoxy) is 1. The lowest BCUT2D eigenvalue weighted by Gasteiger charge is -2.22. The molecule has 0 spiro atoms. The molecular formula is C11H14ClF2NO. The largest absolute Gasteiger partial charge is 0.492 e. The predicted octanol–water partition coefficient (Wildman–Crippen LogP) is 2.18. The van der Waals surface area contributed by atoms with E-state index in [4.69, 9.17) is 10.5 Å². The number of alkyl halides is 2. The van der Waals surface area contributed by atoms with E-state index >= 15 is 0 Å². The van der Waals surface area contributed by atoms with Crippen LogP contribution < -0.4 is 10.5 Å². The summed E-state index contributed by atoms with van der Waals surface area (Å²) in [6.07, 6.45) is -1.81. The summed E-state index contributed by atoms with van der Waals surface area (Å²) in [6.45, 7) is 0.501. The molecule has 0 saturated carbocycles. The highest BCUT2D eigenvalue weighted by Gasteiger charge is 2.17. The lowest BCUT2D eigenvalue weighted by molar-refractivity contribution is 0.149. The molecule has 0 saturated heterocycles. The van der Waals surface area contributed by atoms with Crippen LogP contribution in [0.2, 0.25) is 0 Å². The van der Waals surface area contributed by atoms with Crippen LogP contribution >= 0.6 is 12.4 Å². The molecule has 1 aliphatic rings. The van der Waals surface area contributed by atoms with Crippen LogP contribution in [-0.2, 0) is 12.8 Å². The van der Waals surface area contributed by atoms with Crippen LogP contribution in [0.4, 0.5) is 8.78 Å². The average Bonchev–Trinajstić information content (AvgIpc) is 2.16. The van der Waals surface area contributed by atoms with Gasteiger partial charge in [-0.3, -0.25) is 0 Å². The molecule has 1 aromatic rings. The van der Waals surface area contributed by atoms with Crippen LogP contribution in [0, 0.1) is 0 Å². The summed E-state index contributed by atoms with van der Waals surface area (Å²) in [7, 11) is 0. The Morgan fingerprint density at radius 2 is 2.19 bits per heavy atom. The fraction of sp³-hybridized carbons (Fsp3) is 0.455. The van der Waals surface area contributed by atoms with E-state index in [0.717, 1.165) is 11.3 Å². The zero-order valence-corrected chi connectivity index (χ0v) is 9.47. The predicted molar refractivity (Wildman–Crippen MR) is 60.6 cm³/mol. The Morgan fingerprint density at radius 1 is 1.44 bits per heavy atom. The van der Waals surface area contributed by atoms with Crippen molar-refractivity contribution in [2.75, 3.05) is 6.61 Å². The molecule has 2 rings (SSSR count). The maximum Gasteiger partial charge on any atom is 0.242 e.